The topological polar surface area (TPSA) is 41.1 Å². The van der Waals surface area contributed by atoms with Crippen molar-refractivity contribution in [1.29, 1.82) is 0 Å². The minimum absolute atomic E-state index is 0.116. The number of piperidine rings is 1. The van der Waals surface area contributed by atoms with Crippen molar-refractivity contribution in [1.82, 2.24) is 10.6 Å². The first-order valence-corrected chi connectivity index (χ1v) is 7.82. The van der Waals surface area contributed by atoms with Gasteiger partial charge in [0.2, 0.25) is 0 Å². The Morgan fingerprint density at radius 2 is 1.80 bits per heavy atom. The Morgan fingerprint density at radius 3 is 2.45 bits per heavy atom. The number of hydrogen-bond donors (Lipinski definition) is 2. The summed E-state index contributed by atoms with van der Waals surface area (Å²) in [6.07, 6.45) is 4.12. The molecule has 20 heavy (non-hydrogen) atoms. The van der Waals surface area contributed by atoms with Crippen molar-refractivity contribution in [2.45, 2.75) is 43.8 Å². The number of carbonyl (C=O) groups excluding carboxylic acids is 1. The predicted octanol–water partition coefficient (Wildman–Crippen LogP) is 2.58. The number of benzene rings is 1. The second-order valence-electron chi connectivity index (χ2n) is 5.53. The van der Waals surface area contributed by atoms with E-state index < -0.39 is 11.6 Å². The summed E-state index contributed by atoms with van der Waals surface area (Å²) in [5.74, 6) is -2.23. The van der Waals surface area contributed by atoms with Crippen molar-refractivity contribution < 1.29 is 13.6 Å². The molecular formula is C14H15F2IN2O. The SMILES string of the molecule is O=C(NC1CC2CCC(C1)N2)c1cc(F)c(F)cc1I. The minimum atomic E-state index is -0.985. The van der Waals surface area contributed by atoms with Crippen LogP contribution in [0.25, 0.3) is 0 Å². The number of fused-ring (bicyclic) bond motifs is 2. The van der Waals surface area contributed by atoms with Crippen LogP contribution in [-0.2, 0) is 0 Å². The molecule has 0 saturated carbocycles. The number of amides is 1. The van der Waals surface area contributed by atoms with E-state index in [2.05, 4.69) is 10.6 Å². The molecule has 1 amide bonds. The number of rotatable bonds is 2. The molecule has 2 aliphatic rings. The van der Waals surface area contributed by atoms with Crippen molar-refractivity contribution in [2.24, 2.45) is 0 Å². The number of nitrogens with one attached hydrogen (secondary N) is 2. The van der Waals surface area contributed by atoms with Gasteiger partial charge < -0.3 is 10.6 Å². The molecule has 2 fully saturated rings. The normalized spacial score (nSPS) is 28.4. The average Bonchev–Trinajstić information content (AvgIpc) is 2.73. The van der Waals surface area contributed by atoms with E-state index in [-0.39, 0.29) is 17.5 Å². The van der Waals surface area contributed by atoms with Crippen LogP contribution in [0.3, 0.4) is 0 Å². The van der Waals surface area contributed by atoms with E-state index in [0.29, 0.717) is 15.7 Å². The van der Waals surface area contributed by atoms with Gasteiger partial charge in [0.1, 0.15) is 0 Å². The summed E-state index contributed by atoms with van der Waals surface area (Å²) in [5, 5.41) is 6.45. The van der Waals surface area contributed by atoms with Crippen molar-refractivity contribution in [3.63, 3.8) is 0 Å². The van der Waals surface area contributed by atoms with Crippen LogP contribution >= 0.6 is 22.6 Å². The smallest absolute Gasteiger partial charge is 0.252 e. The Hall–Kier alpha value is -0.760. The molecule has 3 rings (SSSR count). The highest BCUT2D eigenvalue weighted by Crippen LogP contribution is 2.27. The van der Waals surface area contributed by atoms with E-state index in [1.807, 2.05) is 22.6 Å². The Kier molecular flexibility index (Phi) is 3.94. The van der Waals surface area contributed by atoms with Gasteiger partial charge in [0.25, 0.3) is 5.91 Å². The Balaban J connectivity index is 1.72. The molecule has 2 unspecified atom stereocenters. The first kappa shape index (κ1) is 14.2. The lowest BCUT2D eigenvalue weighted by molar-refractivity contribution is 0.0922. The van der Waals surface area contributed by atoms with Gasteiger partial charge in [0.05, 0.1) is 5.56 Å². The Bertz CT molecular complexity index is 540. The zero-order valence-electron chi connectivity index (χ0n) is 10.8. The van der Waals surface area contributed by atoms with Crippen LogP contribution in [-0.4, -0.2) is 24.0 Å². The summed E-state index contributed by atoms with van der Waals surface area (Å²) in [6, 6.07) is 3.09. The quantitative estimate of drug-likeness (QED) is 0.600. The van der Waals surface area contributed by atoms with Gasteiger partial charge >= 0.3 is 0 Å². The Morgan fingerprint density at radius 1 is 1.20 bits per heavy atom. The summed E-state index contributed by atoms with van der Waals surface area (Å²) in [5.41, 5.74) is 0.204. The highest BCUT2D eigenvalue weighted by Gasteiger charge is 2.34. The van der Waals surface area contributed by atoms with Crippen LogP contribution in [0.15, 0.2) is 12.1 Å². The molecular weight excluding hydrogens is 377 g/mol. The standard InChI is InChI=1S/C14H15F2IN2O/c15-11-5-10(13(17)6-12(11)16)14(20)19-9-3-7-1-2-8(4-9)18-7/h5-9,18H,1-4H2,(H,19,20). The molecule has 1 aromatic carbocycles. The van der Waals surface area contributed by atoms with Crippen molar-refractivity contribution in [3.05, 3.63) is 32.9 Å². The fourth-order valence-corrected chi connectivity index (χ4v) is 3.81. The van der Waals surface area contributed by atoms with Gasteiger partial charge in [-0.3, -0.25) is 4.79 Å². The monoisotopic (exact) mass is 392 g/mol. The lowest BCUT2D eigenvalue weighted by Gasteiger charge is -2.29. The van der Waals surface area contributed by atoms with Gasteiger partial charge in [-0.25, -0.2) is 8.78 Å². The van der Waals surface area contributed by atoms with E-state index in [1.54, 1.807) is 0 Å². The van der Waals surface area contributed by atoms with Crippen LogP contribution in [0.2, 0.25) is 0 Å². The molecule has 0 radical (unpaired) electrons. The lowest BCUT2D eigenvalue weighted by Crippen LogP contribution is -2.48. The van der Waals surface area contributed by atoms with E-state index >= 15 is 0 Å². The van der Waals surface area contributed by atoms with Crippen LogP contribution in [0.1, 0.15) is 36.0 Å². The predicted molar refractivity (Wildman–Crippen MR) is 79.5 cm³/mol. The van der Waals surface area contributed by atoms with Crippen LogP contribution < -0.4 is 10.6 Å². The molecule has 2 saturated heterocycles. The molecule has 2 N–H and O–H groups in total. The number of hydrogen-bond acceptors (Lipinski definition) is 2. The van der Waals surface area contributed by atoms with E-state index in [4.69, 9.17) is 0 Å². The Labute approximate surface area is 129 Å². The van der Waals surface area contributed by atoms with Gasteiger partial charge in [0, 0.05) is 21.7 Å². The third-order valence-electron chi connectivity index (χ3n) is 4.06. The minimum Gasteiger partial charge on any atom is -0.349 e. The molecule has 6 heteroatoms. The molecule has 2 atom stereocenters. The molecule has 0 aliphatic carbocycles. The molecule has 0 aromatic heterocycles. The van der Waals surface area contributed by atoms with E-state index in [1.165, 1.54) is 0 Å². The number of halogens is 3. The van der Waals surface area contributed by atoms with Gasteiger partial charge in [-0.1, -0.05) is 0 Å². The fraction of sp³-hybridized carbons (Fsp3) is 0.500. The van der Waals surface area contributed by atoms with Crippen LogP contribution in [0.4, 0.5) is 8.78 Å². The second-order valence-corrected chi connectivity index (χ2v) is 6.69. The first-order chi connectivity index (χ1) is 9.52. The highest BCUT2D eigenvalue weighted by atomic mass is 127. The summed E-state index contributed by atoms with van der Waals surface area (Å²) < 4.78 is 26.8. The van der Waals surface area contributed by atoms with Crippen LogP contribution in [0, 0.1) is 15.2 Å². The maximum absolute atomic E-state index is 13.3. The van der Waals surface area contributed by atoms with Gasteiger partial charge in [-0.15, -0.1) is 0 Å². The molecule has 0 spiro atoms. The van der Waals surface area contributed by atoms with E-state index in [0.717, 1.165) is 37.8 Å². The fourth-order valence-electron chi connectivity index (χ4n) is 3.13. The van der Waals surface area contributed by atoms with Gasteiger partial charge in [-0.05, 0) is 60.4 Å². The lowest BCUT2D eigenvalue weighted by atomic mass is 9.99. The van der Waals surface area contributed by atoms with Crippen LogP contribution in [0.5, 0.6) is 0 Å². The van der Waals surface area contributed by atoms with Gasteiger partial charge in [-0.2, -0.15) is 0 Å². The van der Waals surface area contributed by atoms with Crippen molar-refractivity contribution >= 4 is 28.5 Å². The van der Waals surface area contributed by atoms with Gasteiger partial charge in [0.15, 0.2) is 11.6 Å². The maximum Gasteiger partial charge on any atom is 0.252 e. The van der Waals surface area contributed by atoms with Crippen molar-refractivity contribution in [3.8, 4) is 0 Å². The highest BCUT2D eigenvalue weighted by molar-refractivity contribution is 14.1. The summed E-state index contributed by atoms with van der Waals surface area (Å²) >= 11 is 1.85. The summed E-state index contributed by atoms with van der Waals surface area (Å²) in [7, 11) is 0. The molecule has 2 heterocycles. The van der Waals surface area contributed by atoms with E-state index in [9.17, 15) is 13.6 Å². The second kappa shape index (κ2) is 5.55. The summed E-state index contributed by atoms with van der Waals surface area (Å²) in [6.45, 7) is 0. The number of carbonyl (C=O) groups is 1. The maximum atomic E-state index is 13.3. The third kappa shape index (κ3) is 2.81. The largest absolute Gasteiger partial charge is 0.349 e. The molecule has 1 aromatic rings. The molecule has 2 aliphatic heterocycles. The molecule has 2 bridgehead atoms. The summed E-state index contributed by atoms with van der Waals surface area (Å²) in [4.78, 5) is 12.2. The zero-order valence-corrected chi connectivity index (χ0v) is 12.9. The molecule has 3 nitrogen and oxygen atoms in total. The zero-order chi connectivity index (χ0) is 14.3. The van der Waals surface area contributed by atoms with Crippen molar-refractivity contribution in [2.75, 3.05) is 0 Å². The first-order valence-electron chi connectivity index (χ1n) is 6.74. The third-order valence-corrected chi connectivity index (χ3v) is 4.96. The average molecular weight is 392 g/mol. The molecule has 108 valence electrons.